The summed E-state index contributed by atoms with van der Waals surface area (Å²) in [6, 6.07) is 8.10. The summed E-state index contributed by atoms with van der Waals surface area (Å²) in [4.78, 5) is 24.2. The molecule has 1 aromatic carbocycles. The molecule has 0 aromatic heterocycles. The maximum atomic E-state index is 12.9. The second kappa shape index (κ2) is 30.1. The zero-order valence-corrected chi connectivity index (χ0v) is 48.5. The van der Waals surface area contributed by atoms with Crippen molar-refractivity contribution in [1.82, 2.24) is 5.32 Å². The Hall–Kier alpha value is 3.07. The third kappa shape index (κ3) is 17.0. The molecule has 3 fully saturated rings. The van der Waals surface area contributed by atoms with Gasteiger partial charge in [0.05, 0.1) is 20.3 Å². The summed E-state index contributed by atoms with van der Waals surface area (Å²) in [6.07, 6.45) is -6.40. The van der Waals surface area contributed by atoms with Gasteiger partial charge in [-0.3, -0.25) is 4.79 Å². The molecule has 3 aliphatic rings. The maximum absolute atomic E-state index is 12.9. The molecule has 3 aliphatic heterocycles. The Morgan fingerprint density at radius 1 is 0.904 bits per heavy atom. The van der Waals surface area contributed by atoms with Crippen molar-refractivity contribution >= 4 is 12.1 Å². The summed E-state index contributed by atoms with van der Waals surface area (Å²) in [5.41, 5.74) is 0.723. The average Bonchev–Trinajstić information content (AvgIpc) is 3.11. The van der Waals surface area contributed by atoms with Gasteiger partial charge in [0, 0.05) is 195 Å². The average molecular weight is 1590 g/mol. The van der Waals surface area contributed by atoms with Gasteiger partial charge in [-0.2, -0.15) is 0 Å². The Balaban J connectivity index is 0.00000650. The van der Waals surface area contributed by atoms with E-state index in [1.165, 1.54) is 13.2 Å². The molecular formula is C33H49Ac4NO14. The van der Waals surface area contributed by atoms with Crippen LogP contribution in [0.15, 0.2) is 43.0 Å². The summed E-state index contributed by atoms with van der Waals surface area (Å²) in [6.45, 7) is 3.17. The normalized spacial score (nSPS) is 30.8. The number of aliphatic hydroxyl groups is 4. The monoisotopic (exact) mass is 1590 g/mol. The van der Waals surface area contributed by atoms with Gasteiger partial charge in [-0.1, -0.05) is 68.7 Å². The number of nitrogens with one attached hydrogen (secondary N) is 1. The molecule has 15 nitrogen and oxygen atoms in total. The number of esters is 1. The van der Waals surface area contributed by atoms with Crippen molar-refractivity contribution in [2.45, 2.75) is 113 Å². The molecule has 52 heavy (non-hydrogen) atoms. The number of ether oxygens (including phenoxy) is 8. The first-order chi connectivity index (χ1) is 23.3. The number of benzene rings is 1. The molecule has 282 valence electrons. The van der Waals surface area contributed by atoms with Crippen LogP contribution < -0.4 is 5.32 Å². The summed E-state index contributed by atoms with van der Waals surface area (Å²) >= 11 is 0. The zero-order valence-electron chi connectivity index (χ0n) is 29.5. The first-order valence-electron chi connectivity index (χ1n) is 16.4. The Morgan fingerprint density at radius 2 is 1.58 bits per heavy atom. The van der Waals surface area contributed by atoms with E-state index in [1.54, 1.807) is 0 Å². The standard InChI is InChI=1S/C33H49NO14.4Ac/c1-3-16-43-33(40)34-24-29(48-32-27(39)26(38)25(37)21(18-35)45-32)28-22(19-44-30(47-28)20-13-9-8-10-14-20)46-31(24)42-17-12-7-5-4-6-11-15-23(36)41-2;;;;/h3,8-10,13-14,21-22,24-32,35,37-39H,1,4-7,11-12,15-19H2,2H3,(H,34,40);;;;/t21?,22?,24?,25-,26?,27?,28-,29?,30?,31+,32-;;;;/m0..../s1. The van der Waals surface area contributed by atoms with Gasteiger partial charge in [0.2, 0.25) is 0 Å². The van der Waals surface area contributed by atoms with Crippen LogP contribution in [-0.4, -0.2) is 127 Å². The molecule has 1 aromatic rings. The Morgan fingerprint density at radius 3 is 2.23 bits per heavy atom. The summed E-state index contributed by atoms with van der Waals surface area (Å²) in [5.74, 6) is -0.215. The van der Waals surface area contributed by atoms with E-state index in [-0.39, 0.29) is 202 Å². The molecule has 5 N–H and O–H groups in total. The van der Waals surface area contributed by atoms with E-state index >= 15 is 0 Å². The first-order valence-corrected chi connectivity index (χ1v) is 16.4. The van der Waals surface area contributed by atoms with Gasteiger partial charge in [0.1, 0.15) is 55.4 Å². The minimum absolute atomic E-state index is 0. The molecule has 1 amide bonds. The fraction of sp³-hybridized carbons (Fsp3) is 0.697. The van der Waals surface area contributed by atoms with Crippen molar-refractivity contribution in [2.75, 3.05) is 33.5 Å². The maximum Gasteiger partial charge on any atom is 0.407 e. The quantitative estimate of drug-likeness (QED) is 0.0848. The third-order valence-corrected chi connectivity index (χ3v) is 8.45. The Kier molecular flexibility index (Phi) is 31.9. The topological polar surface area (TPSA) is 201 Å². The predicted molar refractivity (Wildman–Crippen MR) is 166 cm³/mol. The van der Waals surface area contributed by atoms with E-state index in [0.717, 1.165) is 37.7 Å². The largest absolute Gasteiger partial charge is 0.469 e. The van der Waals surface area contributed by atoms with E-state index in [4.69, 9.17) is 33.2 Å². The fourth-order valence-electron chi connectivity index (χ4n) is 5.84. The van der Waals surface area contributed by atoms with Crippen LogP contribution in [0.5, 0.6) is 0 Å². The molecule has 0 saturated carbocycles. The van der Waals surface area contributed by atoms with Crippen LogP contribution in [0.25, 0.3) is 0 Å². The molecular weight excluding hydrogens is 1540 g/mol. The second-order valence-corrected chi connectivity index (χ2v) is 11.9. The zero-order chi connectivity index (χ0) is 34.5. The number of hydrogen-bond acceptors (Lipinski definition) is 14. The molecule has 0 aliphatic carbocycles. The van der Waals surface area contributed by atoms with Gasteiger partial charge in [0.15, 0.2) is 18.9 Å². The molecule has 0 bridgehead atoms. The molecule has 0 spiro atoms. The molecule has 7 unspecified atom stereocenters. The van der Waals surface area contributed by atoms with Crippen LogP contribution >= 0.6 is 0 Å². The Bertz CT molecular complexity index is 1150. The van der Waals surface area contributed by atoms with Crippen molar-refractivity contribution < 1.29 is 244 Å². The summed E-state index contributed by atoms with van der Waals surface area (Å²) in [5, 5.41) is 44.1. The fourth-order valence-corrected chi connectivity index (χ4v) is 5.84. The smallest absolute Gasteiger partial charge is 0.407 e. The summed E-state index contributed by atoms with van der Waals surface area (Å²) in [7, 11) is 1.38. The van der Waals surface area contributed by atoms with E-state index < -0.39 is 80.3 Å². The predicted octanol–water partition coefficient (Wildman–Crippen LogP) is 1.21. The van der Waals surface area contributed by atoms with Gasteiger partial charge >= 0.3 is 12.1 Å². The molecule has 4 radical (unpaired) electrons. The van der Waals surface area contributed by atoms with Gasteiger partial charge < -0.3 is 63.6 Å². The van der Waals surface area contributed by atoms with Gasteiger partial charge in [-0.05, 0) is 12.8 Å². The van der Waals surface area contributed by atoms with Crippen molar-refractivity contribution in [1.29, 1.82) is 0 Å². The Labute approximate surface area is 448 Å². The molecule has 4 rings (SSSR count). The van der Waals surface area contributed by atoms with Gasteiger partial charge in [0.25, 0.3) is 0 Å². The molecule has 19 heteroatoms. The minimum Gasteiger partial charge on any atom is -0.469 e. The first kappa shape index (κ1) is 55.1. The number of carbonyl (C=O) groups excluding carboxylic acids is 2. The van der Waals surface area contributed by atoms with Crippen LogP contribution in [-0.2, 0) is 42.7 Å². The number of hydrogen-bond donors (Lipinski definition) is 5. The van der Waals surface area contributed by atoms with Crippen molar-refractivity contribution in [3.05, 3.63) is 48.6 Å². The van der Waals surface area contributed by atoms with Gasteiger partial charge in [-0.15, -0.1) is 0 Å². The second-order valence-electron chi connectivity index (χ2n) is 11.9. The third-order valence-electron chi connectivity index (χ3n) is 8.45. The van der Waals surface area contributed by atoms with Gasteiger partial charge in [-0.25, -0.2) is 4.79 Å². The number of alkyl carbamates (subject to hydrolysis) is 1. The van der Waals surface area contributed by atoms with Crippen LogP contribution in [0.1, 0.15) is 56.8 Å². The van der Waals surface area contributed by atoms with E-state index in [9.17, 15) is 30.0 Å². The van der Waals surface area contributed by atoms with Crippen molar-refractivity contribution in [3.63, 3.8) is 0 Å². The number of aliphatic hydroxyl groups excluding tert-OH is 4. The number of methoxy groups -OCH3 is 1. The van der Waals surface area contributed by atoms with E-state index in [0.29, 0.717) is 12.8 Å². The minimum atomic E-state index is -1.71. The van der Waals surface area contributed by atoms with Crippen LogP contribution in [0, 0.1) is 176 Å². The van der Waals surface area contributed by atoms with Crippen LogP contribution in [0.2, 0.25) is 0 Å². The van der Waals surface area contributed by atoms with E-state index in [2.05, 4.69) is 16.6 Å². The van der Waals surface area contributed by atoms with Crippen LogP contribution in [0.4, 0.5) is 4.79 Å². The number of amides is 1. The number of rotatable bonds is 17. The summed E-state index contributed by atoms with van der Waals surface area (Å²) < 4.78 is 46.6. The van der Waals surface area contributed by atoms with Crippen molar-refractivity contribution in [2.24, 2.45) is 0 Å². The van der Waals surface area contributed by atoms with Crippen molar-refractivity contribution in [3.8, 4) is 0 Å². The number of fused-ring (bicyclic) bond motifs is 1. The SMILES string of the molecule is C=CCOC(=O)NC1C(O[C@@H]2OC(CO)[C@H](O)C(O)C2O)[C@H]2OC(c3ccccc3)OCC2O[C@H]1OCCCCCCCCC(=O)OC.[Ac].[Ac].[Ac].[Ac]. The molecule has 3 heterocycles. The number of carbonyl (C=O) groups is 2. The molecule has 11 atom stereocenters. The van der Waals surface area contributed by atoms with Crippen LogP contribution in [0.3, 0.4) is 0 Å². The van der Waals surface area contributed by atoms with E-state index in [1.807, 2.05) is 30.3 Å². The molecule has 3 saturated heterocycles. The number of unbranched alkanes of at least 4 members (excludes halogenated alkanes) is 5.